The van der Waals surface area contributed by atoms with Crippen molar-refractivity contribution in [2.75, 3.05) is 117 Å². The van der Waals surface area contributed by atoms with Crippen LogP contribution in [-0.2, 0) is 37.9 Å². The SMILES string of the molecule is Cc1ccc(-c2ccc(-c3c4nsnc4c(-c4ccc(C)s4)c4nc(-c5ccc(OCCOCCOCCOCCSC6OC(CO)C(O)C(O)C6O)cc5)c(-c5ccc(OCCOCCOCCOCCSC6OC(CO)C(O)C(O)C6O)cc5)nc34)s2)cc1. The molecule has 6 heterocycles. The van der Waals surface area contributed by atoms with Crippen molar-refractivity contribution in [1.29, 1.82) is 0 Å². The lowest BCUT2D eigenvalue weighted by Gasteiger charge is -2.39. The molecule has 2 fully saturated rings. The van der Waals surface area contributed by atoms with Crippen LogP contribution in [-0.4, -0.2) is 236 Å². The maximum Gasteiger partial charge on any atom is 0.132 e. The average Bonchev–Trinajstić information content (AvgIpc) is 1.71. The molecule has 0 aliphatic carbocycles. The minimum absolute atomic E-state index is 0.308. The van der Waals surface area contributed by atoms with Gasteiger partial charge in [-0.05, 0) is 92.2 Å². The normalized spacial score (nSPS) is 21.9. The van der Waals surface area contributed by atoms with E-state index >= 15 is 0 Å². The third kappa shape index (κ3) is 17.9. The molecule has 22 nitrogen and oxygen atoms in total. The molecular weight excluding hydrogens is 1270 g/mol. The van der Waals surface area contributed by atoms with E-state index in [1.165, 1.54) is 40.8 Å². The summed E-state index contributed by atoms with van der Waals surface area (Å²) in [4.78, 5) is 15.6. The standard InChI is InChI=1S/C64H76N4O18S5/c1-37-3-6-39(7-4-37)46-17-18-48(90-46)50-54-53(49(47-16-5-38(2)89-47)55-56(50)68-91-67-55)65-51(40-8-12-42(13-9-40)83-29-27-79-21-19-77-23-25-81-31-33-87-63-61(75)59(73)57(71)44(35-69)85-63)52(66-54)41-10-14-43(15-11-41)84-30-28-80-22-20-78-24-26-82-32-34-88-64-62(76)60(74)58(72)45(36-70)86-64/h3-18,44-45,57-64,69-76H,19-36H2,1-2H3. The van der Waals surface area contributed by atoms with Crippen LogP contribution >= 0.6 is 57.9 Å². The van der Waals surface area contributed by atoms with Crippen LogP contribution in [0.1, 0.15) is 10.4 Å². The van der Waals surface area contributed by atoms with Crippen LogP contribution < -0.4 is 9.47 Å². The van der Waals surface area contributed by atoms with Crippen LogP contribution in [0.5, 0.6) is 11.5 Å². The first-order valence-electron chi connectivity index (χ1n) is 29.9. The Balaban J connectivity index is 0.759. The second-order valence-electron chi connectivity index (χ2n) is 21.3. The van der Waals surface area contributed by atoms with E-state index in [2.05, 4.69) is 62.4 Å². The third-order valence-corrected chi connectivity index (χ3v) is 19.9. The number of thioether (sulfide) groups is 2. The number of aliphatic hydroxyl groups excluding tert-OH is 8. The number of fused-ring (bicyclic) bond motifs is 2. The average molecular weight is 1350 g/mol. The van der Waals surface area contributed by atoms with Gasteiger partial charge in [-0.25, -0.2) is 9.97 Å². The zero-order chi connectivity index (χ0) is 63.6. The predicted molar refractivity (Wildman–Crippen MR) is 351 cm³/mol. The molecule has 2 saturated heterocycles. The van der Waals surface area contributed by atoms with Gasteiger partial charge in [0.1, 0.15) is 106 Å². The lowest BCUT2D eigenvalue weighted by molar-refractivity contribution is -0.205. The maximum atomic E-state index is 10.2. The number of aliphatic hydroxyl groups is 8. The zero-order valence-electron chi connectivity index (χ0n) is 50.2. The van der Waals surface area contributed by atoms with Crippen LogP contribution in [0, 0.1) is 13.8 Å². The van der Waals surface area contributed by atoms with Crippen molar-refractivity contribution in [3.8, 4) is 65.3 Å². The van der Waals surface area contributed by atoms with Gasteiger partial charge in [0.2, 0.25) is 0 Å². The summed E-state index contributed by atoms with van der Waals surface area (Å²) in [6.07, 6.45) is -10.1. The molecule has 0 bridgehead atoms. The number of rotatable bonds is 35. The van der Waals surface area contributed by atoms with Gasteiger partial charge in [-0.2, -0.15) is 8.75 Å². The fraction of sp³-hybridized carbons (Fsp3) is 0.469. The Hall–Kier alpha value is -4.90. The second-order valence-corrected chi connectivity index (χ2v) is 26.6. The van der Waals surface area contributed by atoms with E-state index in [0.717, 1.165) is 58.4 Å². The molecule has 0 amide bonds. The molecule has 10 atom stereocenters. The zero-order valence-corrected chi connectivity index (χ0v) is 54.3. The number of hydrogen-bond donors (Lipinski definition) is 8. The lowest BCUT2D eigenvalue weighted by atomic mass is 9.99. The van der Waals surface area contributed by atoms with Crippen LogP contribution in [0.25, 0.3) is 75.9 Å². The minimum atomic E-state index is -1.41. The van der Waals surface area contributed by atoms with E-state index in [-0.39, 0.29) is 0 Å². The summed E-state index contributed by atoms with van der Waals surface area (Å²) < 4.78 is 67.4. The van der Waals surface area contributed by atoms with Crippen LogP contribution in [0.3, 0.4) is 0 Å². The Morgan fingerprint density at radius 2 is 0.791 bits per heavy atom. The van der Waals surface area contributed by atoms with Gasteiger partial charge in [-0.15, -0.1) is 46.2 Å². The monoisotopic (exact) mass is 1350 g/mol. The van der Waals surface area contributed by atoms with Crippen molar-refractivity contribution < 1.29 is 88.2 Å². The van der Waals surface area contributed by atoms with Crippen molar-refractivity contribution in [2.24, 2.45) is 0 Å². The number of benzene rings is 4. The maximum absolute atomic E-state index is 10.2. The van der Waals surface area contributed by atoms with Gasteiger partial charge in [0, 0.05) is 53.3 Å². The first-order chi connectivity index (χ1) is 44.4. The second kappa shape index (κ2) is 34.5. The number of aryl methyl sites for hydroxylation is 2. The third-order valence-electron chi connectivity index (χ3n) is 15.0. The first-order valence-corrected chi connectivity index (χ1v) is 34.4. The summed E-state index contributed by atoms with van der Waals surface area (Å²) in [6, 6.07) is 32.7. The molecule has 4 aromatic heterocycles. The molecule has 0 radical (unpaired) electrons. The number of ether oxygens (including phenoxy) is 10. The van der Waals surface area contributed by atoms with Crippen LogP contribution in [0.15, 0.2) is 97.1 Å². The van der Waals surface area contributed by atoms with Crippen molar-refractivity contribution >= 4 is 80.0 Å². The van der Waals surface area contributed by atoms with Crippen molar-refractivity contribution in [2.45, 2.75) is 73.6 Å². The van der Waals surface area contributed by atoms with Crippen LogP contribution in [0.2, 0.25) is 0 Å². The molecule has 0 spiro atoms. The molecule has 2 aliphatic heterocycles. The Morgan fingerprint density at radius 3 is 1.21 bits per heavy atom. The fourth-order valence-electron chi connectivity index (χ4n) is 10.1. The molecule has 27 heteroatoms. The summed E-state index contributed by atoms with van der Waals surface area (Å²) in [5.74, 6) is 2.23. The highest BCUT2D eigenvalue weighted by atomic mass is 32.2. The lowest BCUT2D eigenvalue weighted by Crippen LogP contribution is -2.57. The number of thiophene rings is 2. The molecular formula is C64H76N4O18S5. The molecule has 4 aromatic carbocycles. The molecule has 10 unspecified atom stereocenters. The largest absolute Gasteiger partial charge is 0.491 e. The van der Waals surface area contributed by atoms with Gasteiger partial charge in [0.25, 0.3) is 0 Å². The number of aromatic nitrogens is 4. The Kier molecular flexibility index (Phi) is 26.1. The molecule has 490 valence electrons. The molecule has 91 heavy (non-hydrogen) atoms. The van der Waals surface area contributed by atoms with E-state index < -0.39 is 72.9 Å². The Morgan fingerprint density at radius 1 is 0.407 bits per heavy atom. The van der Waals surface area contributed by atoms with Gasteiger partial charge in [0.15, 0.2) is 0 Å². The van der Waals surface area contributed by atoms with Crippen LogP contribution in [0.4, 0.5) is 0 Å². The quantitative estimate of drug-likeness (QED) is 0.0193. The van der Waals surface area contributed by atoms with E-state index in [1.54, 1.807) is 22.7 Å². The molecule has 8 N–H and O–H groups in total. The summed E-state index contributed by atoms with van der Waals surface area (Å²) >= 11 is 7.00. The fourth-order valence-corrected chi connectivity index (χ4v) is 14.7. The van der Waals surface area contributed by atoms with Gasteiger partial charge in [-0.1, -0.05) is 29.8 Å². The van der Waals surface area contributed by atoms with Crippen molar-refractivity contribution in [3.63, 3.8) is 0 Å². The Bertz CT molecular complexity index is 3510. The highest BCUT2D eigenvalue weighted by Crippen LogP contribution is 2.48. The van der Waals surface area contributed by atoms with E-state index in [0.29, 0.717) is 138 Å². The summed E-state index contributed by atoms with van der Waals surface area (Å²) in [6.45, 7) is 8.07. The van der Waals surface area contributed by atoms with E-state index in [9.17, 15) is 40.9 Å². The predicted octanol–water partition coefficient (Wildman–Crippen LogP) is 6.63. The molecule has 2 aliphatic rings. The topological polar surface area (TPSA) is 306 Å². The van der Waals surface area contributed by atoms with Gasteiger partial charge in [0.05, 0.1) is 116 Å². The van der Waals surface area contributed by atoms with Crippen molar-refractivity contribution in [1.82, 2.24) is 18.7 Å². The van der Waals surface area contributed by atoms with E-state index in [1.807, 2.05) is 48.5 Å². The first kappa shape index (κ1) is 68.9. The molecule has 10 rings (SSSR count). The highest BCUT2D eigenvalue weighted by molar-refractivity contribution is 8.00. The summed E-state index contributed by atoms with van der Waals surface area (Å²) in [5, 5.41) is 79.3. The highest BCUT2D eigenvalue weighted by Gasteiger charge is 2.44. The van der Waals surface area contributed by atoms with E-state index in [4.69, 9.17) is 66.1 Å². The molecule has 8 aromatic rings. The van der Waals surface area contributed by atoms with Gasteiger partial charge < -0.3 is 88.2 Å². The van der Waals surface area contributed by atoms with Gasteiger partial charge in [-0.3, -0.25) is 0 Å². The summed E-state index contributed by atoms with van der Waals surface area (Å²) in [7, 11) is 0. The number of hydrogen-bond acceptors (Lipinski definition) is 27. The minimum Gasteiger partial charge on any atom is -0.491 e. The Labute approximate surface area is 547 Å². The van der Waals surface area contributed by atoms with Crippen molar-refractivity contribution in [3.05, 3.63) is 108 Å². The smallest absolute Gasteiger partial charge is 0.132 e. The number of nitrogens with zero attached hydrogens (tertiary/aromatic N) is 4. The summed E-state index contributed by atoms with van der Waals surface area (Å²) in [5.41, 5.74) is 8.38. The van der Waals surface area contributed by atoms with Gasteiger partial charge >= 0.3 is 0 Å². The molecule has 0 saturated carbocycles.